The van der Waals surface area contributed by atoms with E-state index >= 15 is 0 Å². The SMILES string of the molecule is CCCC(=O)N(CCC)c1nccc(CCC)n1. The average Bonchev–Trinajstić information content (AvgIpc) is 2.37. The van der Waals surface area contributed by atoms with Crippen LogP contribution in [0.5, 0.6) is 0 Å². The molecule has 4 heteroatoms. The fraction of sp³-hybridized carbons (Fsp3) is 0.643. The Hall–Kier alpha value is -1.45. The number of nitrogens with zero attached hydrogens (tertiary/aromatic N) is 3. The second-order valence-corrected chi connectivity index (χ2v) is 4.39. The van der Waals surface area contributed by atoms with E-state index in [1.54, 1.807) is 11.1 Å². The standard InChI is InChI=1S/C14H23N3O/c1-4-7-12-9-10-15-14(16-12)17(11-6-3)13(18)8-5-2/h9-10H,4-8,11H2,1-3H3. The summed E-state index contributed by atoms with van der Waals surface area (Å²) in [7, 11) is 0. The van der Waals surface area contributed by atoms with Crippen LogP contribution >= 0.6 is 0 Å². The molecule has 0 saturated carbocycles. The Bertz CT molecular complexity index is 379. The van der Waals surface area contributed by atoms with Crippen molar-refractivity contribution >= 4 is 11.9 Å². The molecule has 0 bridgehead atoms. The largest absolute Gasteiger partial charge is 0.281 e. The van der Waals surface area contributed by atoms with Gasteiger partial charge in [-0.15, -0.1) is 0 Å². The van der Waals surface area contributed by atoms with Crippen molar-refractivity contribution < 1.29 is 4.79 Å². The number of amides is 1. The Labute approximate surface area is 109 Å². The molecule has 100 valence electrons. The normalized spacial score (nSPS) is 10.4. The summed E-state index contributed by atoms with van der Waals surface area (Å²) in [5, 5.41) is 0. The van der Waals surface area contributed by atoms with E-state index in [0.717, 1.165) is 31.4 Å². The Morgan fingerprint density at radius 3 is 2.61 bits per heavy atom. The molecule has 1 aromatic rings. The maximum Gasteiger partial charge on any atom is 0.232 e. The molecule has 18 heavy (non-hydrogen) atoms. The van der Waals surface area contributed by atoms with Crippen LogP contribution in [0.1, 0.15) is 52.1 Å². The topological polar surface area (TPSA) is 46.1 Å². The number of anilines is 1. The molecule has 1 rings (SSSR count). The second-order valence-electron chi connectivity index (χ2n) is 4.39. The minimum Gasteiger partial charge on any atom is -0.281 e. The lowest BCUT2D eigenvalue weighted by Gasteiger charge is -2.20. The van der Waals surface area contributed by atoms with E-state index in [1.165, 1.54) is 0 Å². The lowest BCUT2D eigenvalue weighted by molar-refractivity contribution is -0.118. The predicted octanol–water partition coefficient (Wildman–Crippen LogP) is 2.97. The first-order valence-corrected chi connectivity index (χ1v) is 6.85. The molecule has 0 spiro atoms. The smallest absolute Gasteiger partial charge is 0.232 e. The van der Waals surface area contributed by atoms with Gasteiger partial charge < -0.3 is 0 Å². The molecule has 1 heterocycles. The zero-order chi connectivity index (χ0) is 13.4. The van der Waals surface area contributed by atoms with E-state index in [4.69, 9.17) is 0 Å². The Kier molecular flexibility index (Phi) is 6.33. The van der Waals surface area contributed by atoms with Gasteiger partial charge >= 0.3 is 0 Å². The molecular weight excluding hydrogens is 226 g/mol. The molecule has 0 aliphatic heterocycles. The monoisotopic (exact) mass is 249 g/mol. The fourth-order valence-corrected chi connectivity index (χ4v) is 1.82. The Morgan fingerprint density at radius 1 is 1.22 bits per heavy atom. The van der Waals surface area contributed by atoms with Crippen LogP contribution in [0.4, 0.5) is 5.95 Å². The van der Waals surface area contributed by atoms with Crippen LogP contribution in [-0.4, -0.2) is 22.4 Å². The van der Waals surface area contributed by atoms with Crippen LogP contribution < -0.4 is 4.90 Å². The third-order valence-corrected chi connectivity index (χ3v) is 2.66. The molecule has 0 aliphatic rings. The molecule has 4 nitrogen and oxygen atoms in total. The quantitative estimate of drug-likeness (QED) is 0.746. The maximum atomic E-state index is 12.0. The van der Waals surface area contributed by atoms with Gasteiger partial charge in [0.2, 0.25) is 11.9 Å². The van der Waals surface area contributed by atoms with Crippen molar-refractivity contribution in [2.75, 3.05) is 11.4 Å². The molecule has 0 radical (unpaired) electrons. The van der Waals surface area contributed by atoms with Gasteiger partial charge in [0.05, 0.1) is 0 Å². The van der Waals surface area contributed by atoms with Crippen LogP contribution in [0, 0.1) is 0 Å². The second kappa shape index (κ2) is 7.80. The highest BCUT2D eigenvalue weighted by molar-refractivity contribution is 5.91. The Morgan fingerprint density at radius 2 is 2.00 bits per heavy atom. The van der Waals surface area contributed by atoms with Gasteiger partial charge in [-0.3, -0.25) is 9.69 Å². The van der Waals surface area contributed by atoms with Crippen molar-refractivity contribution in [1.29, 1.82) is 0 Å². The number of hydrogen-bond donors (Lipinski definition) is 0. The van der Waals surface area contributed by atoms with Crippen LogP contribution in [0.15, 0.2) is 12.3 Å². The summed E-state index contributed by atoms with van der Waals surface area (Å²) in [6.45, 7) is 6.88. The number of rotatable bonds is 7. The molecule has 0 fully saturated rings. The molecule has 0 atom stereocenters. The van der Waals surface area contributed by atoms with Gasteiger partial charge in [-0.2, -0.15) is 0 Å². The molecule has 0 N–H and O–H groups in total. The molecule has 1 aromatic heterocycles. The minimum atomic E-state index is 0.119. The summed E-state index contributed by atoms with van der Waals surface area (Å²) in [5.41, 5.74) is 1.01. The third-order valence-electron chi connectivity index (χ3n) is 2.66. The highest BCUT2D eigenvalue weighted by Crippen LogP contribution is 2.12. The number of aryl methyl sites for hydroxylation is 1. The van der Waals surface area contributed by atoms with E-state index in [0.29, 0.717) is 18.9 Å². The first kappa shape index (κ1) is 14.6. The molecule has 0 aromatic carbocycles. The molecule has 0 aliphatic carbocycles. The first-order valence-electron chi connectivity index (χ1n) is 6.85. The van der Waals surface area contributed by atoms with Crippen molar-refractivity contribution in [1.82, 2.24) is 9.97 Å². The van der Waals surface area contributed by atoms with Crippen LogP contribution in [0.3, 0.4) is 0 Å². The summed E-state index contributed by atoms with van der Waals surface area (Å²) in [4.78, 5) is 22.5. The lowest BCUT2D eigenvalue weighted by atomic mass is 10.2. The van der Waals surface area contributed by atoms with Gasteiger partial charge in [-0.25, -0.2) is 9.97 Å². The van der Waals surface area contributed by atoms with E-state index in [9.17, 15) is 4.79 Å². The van der Waals surface area contributed by atoms with Crippen molar-refractivity contribution in [2.24, 2.45) is 0 Å². The van der Waals surface area contributed by atoms with Crippen molar-refractivity contribution in [2.45, 2.75) is 52.9 Å². The van der Waals surface area contributed by atoms with Gasteiger partial charge in [0.25, 0.3) is 0 Å². The van der Waals surface area contributed by atoms with Gasteiger partial charge in [0, 0.05) is 24.9 Å². The van der Waals surface area contributed by atoms with Gasteiger partial charge in [-0.05, 0) is 25.3 Å². The van der Waals surface area contributed by atoms with Crippen LogP contribution in [0.25, 0.3) is 0 Å². The van der Waals surface area contributed by atoms with Crippen molar-refractivity contribution in [3.05, 3.63) is 18.0 Å². The molecule has 0 saturated heterocycles. The average molecular weight is 249 g/mol. The van der Waals surface area contributed by atoms with Crippen LogP contribution in [0.2, 0.25) is 0 Å². The minimum absolute atomic E-state index is 0.119. The number of aromatic nitrogens is 2. The zero-order valence-corrected chi connectivity index (χ0v) is 11.6. The van der Waals surface area contributed by atoms with Gasteiger partial charge in [-0.1, -0.05) is 27.2 Å². The summed E-state index contributed by atoms with van der Waals surface area (Å²) < 4.78 is 0. The Balaban J connectivity index is 2.90. The fourth-order valence-electron chi connectivity index (χ4n) is 1.82. The van der Waals surface area contributed by atoms with E-state index in [-0.39, 0.29) is 5.91 Å². The number of hydrogen-bond acceptors (Lipinski definition) is 3. The summed E-state index contributed by atoms with van der Waals surface area (Å²) in [6.07, 6.45) is 6.05. The first-order chi connectivity index (χ1) is 8.72. The lowest BCUT2D eigenvalue weighted by Crippen LogP contribution is -2.33. The maximum absolute atomic E-state index is 12.0. The van der Waals surface area contributed by atoms with Gasteiger partial charge in [0.1, 0.15) is 0 Å². The van der Waals surface area contributed by atoms with E-state index in [1.807, 2.05) is 13.0 Å². The molecule has 1 amide bonds. The molecule has 0 unspecified atom stereocenters. The third kappa shape index (κ3) is 4.09. The number of carbonyl (C=O) groups excluding carboxylic acids is 1. The van der Waals surface area contributed by atoms with E-state index in [2.05, 4.69) is 23.8 Å². The van der Waals surface area contributed by atoms with Crippen molar-refractivity contribution in [3.63, 3.8) is 0 Å². The van der Waals surface area contributed by atoms with E-state index < -0.39 is 0 Å². The van der Waals surface area contributed by atoms with Gasteiger partial charge in [0.15, 0.2) is 0 Å². The van der Waals surface area contributed by atoms with Crippen LogP contribution in [-0.2, 0) is 11.2 Å². The summed E-state index contributed by atoms with van der Waals surface area (Å²) >= 11 is 0. The summed E-state index contributed by atoms with van der Waals surface area (Å²) in [6, 6.07) is 1.92. The highest BCUT2D eigenvalue weighted by atomic mass is 16.2. The molecular formula is C14H23N3O. The zero-order valence-electron chi connectivity index (χ0n) is 11.6. The predicted molar refractivity (Wildman–Crippen MR) is 73.6 cm³/mol. The number of carbonyl (C=O) groups is 1. The summed E-state index contributed by atoms with van der Waals surface area (Å²) in [5.74, 6) is 0.675. The highest BCUT2D eigenvalue weighted by Gasteiger charge is 2.16. The van der Waals surface area contributed by atoms with Crippen molar-refractivity contribution in [3.8, 4) is 0 Å².